The number of carbonyl (C=O) groups excluding carboxylic acids is 1. The van der Waals surface area contributed by atoms with Crippen molar-refractivity contribution in [1.82, 2.24) is 0 Å². The van der Waals surface area contributed by atoms with E-state index < -0.39 is 0 Å². The summed E-state index contributed by atoms with van der Waals surface area (Å²) >= 11 is 8.03. The van der Waals surface area contributed by atoms with Gasteiger partial charge in [-0.1, -0.05) is 41.9 Å². The van der Waals surface area contributed by atoms with Crippen molar-refractivity contribution in [2.45, 2.75) is 13.3 Å². The zero-order valence-electron chi connectivity index (χ0n) is 12.7. The van der Waals surface area contributed by atoms with Crippen LogP contribution in [0.4, 0.5) is 11.4 Å². The SMILES string of the molecule is Cc1ccccc1Nc1cccc(Cc2csc(C=O)c2)c1Cl. The average molecular weight is 342 g/mol. The third kappa shape index (κ3) is 3.63. The maximum atomic E-state index is 10.8. The lowest BCUT2D eigenvalue weighted by Crippen LogP contribution is -1.96. The molecule has 0 atom stereocenters. The van der Waals surface area contributed by atoms with Crippen molar-refractivity contribution >= 4 is 40.6 Å². The summed E-state index contributed by atoms with van der Waals surface area (Å²) in [5, 5.41) is 6.12. The van der Waals surface area contributed by atoms with E-state index in [-0.39, 0.29) is 0 Å². The molecular weight excluding hydrogens is 326 g/mol. The fourth-order valence-electron chi connectivity index (χ4n) is 2.44. The van der Waals surface area contributed by atoms with Gasteiger partial charge < -0.3 is 5.32 Å². The topological polar surface area (TPSA) is 29.1 Å². The van der Waals surface area contributed by atoms with E-state index in [0.717, 1.165) is 38.7 Å². The monoisotopic (exact) mass is 341 g/mol. The van der Waals surface area contributed by atoms with E-state index in [0.29, 0.717) is 6.42 Å². The Labute approximate surface area is 144 Å². The first-order chi connectivity index (χ1) is 11.2. The van der Waals surface area contributed by atoms with Gasteiger partial charge in [0.05, 0.1) is 15.6 Å². The number of nitrogens with one attached hydrogen (secondary N) is 1. The van der Waals surface area contributed by atoms with Gasteiger partial charge >= 0.3 is 0 Å². The van der Waals surface area contributed by atoms with Crippen molar-refractivity contribution in [3.63, 3.8) is 0 Å². The van der Waals surface area contributed by atoms with Gasteiger partial charge in [0, 0.05) is 5.69 Å². The summed E-state index contributed by atoms with van der Waals surface area (Å²) in [6.07, 6.45) is 1.60. The molecule has 1 heterocycles. The van der Waals surface area contributed by atoms with E-state index >= 15 is 0 Å². The molecule has 23 heavy (non-hydrogen) atoms. The summed E-state index contributed by atoms with van der Waals surface area (Å²) in [4.78, 5) is 11.5. The molecular formula is C19H16ClNOS. The van der Waals surface area contributed by atoms with Crippen molar-refractivity contribution < 1.29 is 4.79 Å². The molecule has 0 aliphatic carbocycles. The third-order valence-corrected chi connectivity index (χ3v) is 5.03. The molecule has 1 N–H and O–H groups in total. The van der Waals surface area contributed by atoms with Crippen LogP contribution < -0.4 is 5.32 Å². The number of hydrogen-bond acceptors (Lipinski definition) is 3. The normalized spacial score (nSPS) is 10.5. The second-order valence-electron chi connectivity index (χ2n) is 5.37. The van der Waals surface area contributed by atoms with Crippen molar-refractivity contribution in [3.05, 3.63) is 80.5 Å². The Morgan fingerprint density at radius 1 is 1.13 bits per heavy atom. The molecule has 3 aromatic rings. The van der Waals surface area contributed by atoms with Gasteiger partial charge in [-0.3, -0.25) is 4.79 Å². The van der Waals surface area contributed by atoms with Crippen LogP contribution in [0.1, 0.15) is 26.4 Å². The summed E-state index contributed by atoms with van der Waals surface area (Å²) in [7, 11) is 0. The van der Waals surface area contributed by atoms with E-state index in [4.69, 9.17) is 11.6 Å². The van der Waals surface area contributed by atoms with Gasteiger partial charge in [-0.05, 0) is 53.6 Å². The van der Waals surface area contributed by atoms with Crippen LogP contribution in [0.25, 0.3) is 0 Å². The number of anilines is 2. The highest BCUT2D eigenvalue weighted by Crippen LogP contribution is 2.31. The lowest BCUT2D eigenvalue weighted by molar-refractivity contribution is 0.112. The fraction of sp³-hybridized carbons (Fsp3) is 0.105. The summed E-state index contributed by atoms with van der Waals surface area (Å²) in [5.74, 6) is 0. The van der Waals surface area contributed by atoms with Gasteiger partial charge in [0.15, 0.2) is 6.29 Å². The molecule has 0 saturated carbocycles. The molecule has 0 amide bonds. The minimum Gasteiger partial charge on any atom is -0.354 e. The van der Waals surface area contributed by atoms with Crippen LogP contribution in [0.3, 0.4) is 0 Å². The Bertz CT molecular complexity index is 841. The summed E-state index contributed by atoms with van der Waals surface area (Å²) in [5.41, 5.74) is 5.25. The smallest absolute Gasteiger partial charge is 0.160 e. The number of para-hydroxylation sites is 1. The molecule has 0 fully saturated rings. The van der Waals surface area contributed by atoms with Crippen molar-refractivity contribution in [2.24, 2.45) is 0 Å². The van der Waals surface area contributed by atoms with Crippen LogP contribution >= 0.6 is 22.9 Å². The van der Waals surface area contributed by atoms with Crippen molar-refractivity contribution in [1.29, 1.82) is 0 Å². The second-order valence-corrected chi connectivity index (χ2v) is 6.69. The number of rotatable bonds is 5. The Balaban J connectivity index is 1.86. The van der Waals surface area contributed by atoms with E-state index in [9.17, 15) is 4.79 Å². The standard InChI is InChI=1S/C19H16ClNOS/c1-13-5-2-3-7-17(13)21-18-8-4-6-15(19(18)20)9-14-10-16(11-22)23-12-14/h2-8,10-12,21H,9H2,1H3. The number of aryl methyl sites for hydroxylation is 1. The highest BCUT2D eigenvalue weighted by atomic mass is 35.5. The molecule has 1 aromatic heterocycles. The minimum atomic E-state index is 0.715. The van der Waals surface area contributed by atoms with Crippen LogP contribution in [0.5, 0.6) is 0 Å². The molecule has 0 aliphatic heterocycles. The molecule has 0 unspecified atom stereocenters. The van der Waals surface area contributed by atoms with Crippen LogP contribution in [-0.2, 0) is 6.42 Å². The lowest BCUT2D eigenvalue weighted by Gasteiger charge is -2.13. The quantitative estimate of drug-likeness (QED) is 0.589. The molecule has 0 radical (unpaired) electrons. The molecule has 0 saturated heterocycles. The highest BCUT2D eigenvalue weighted by molar-refractivity contribution is 7.11. The summed E-state index contributed by atoms with van der Waals surface area (Å²) in [6, 6.07) is 16.0. The van der Waals surface area contributed by atoms with E-state index in [1.165, 1.54) is 16.9 Å². The molecule has 2 nitrogen and oxygen atoms in total. The maximum absolute atomic E-state index is 10.8. The first-order valence-electron chi connectivity index (χ1n) is 7.30. The first kappa shape index (κ1) is 15.8. The van der Waals surface area contributed by atoms with Gasteiger partial charge in [0.1, 0.15) is 0 Å². The molecule has 0 spiro atoms. The number of hydrogen-bond donors (Lipinski definition) is 1. The number of carbonyl (C=O) groups is 1. The maximum Gasteiger partial charge on any atom is 0.160 e. The van der Waals surface area contributed by atoms with Gasteiger partial charge in [-0.15, -0.1) is 11.3 Å². The first-order valence-corrected chi connectivity index (χ1v) is 8.56. The Morgan fingerprint density at radius 2 is 1.91 bits per heavy atom. The molecule has 116 valence electrons. The van der Waals surface area contributed by atoms with Gasteiger partial charge in [-0.25, -0.2) is 0 Å². The van der Waals surface area contributed by atoms with Crippen LogP contribution in [0.15, 0.2) is 53.9 Å². The summed E-state index contributed by atoms with van der Waals surface area (Å²) < 4.78 is 0. The Kier molecular flexibility index (Phi) is 4.79. The predicted molar refractivity (Wildman–Crippen MR) is 98.4 cm³/mol. The summed E-state index contributed by atoms with van der Waals surface area (Å²) in [6.45, 7) is 2.06. The van der Waals surface area contributed by atoms with E-state index in [1.807, 2.05) is 47.8 Å². The van der Waals surface area contributed by atoms with Gasteiger partial charge in [-0.2, -0.15) is 0 Å². The van der Waals surface area contributed by atoms with Gasteiger partial charge in [0.2, 0.25) is 0 Å². The molecule has 3 rings (SSSR count). The van der Waals surface area contributed by atoms with Crippen LogP contribution in [-0.4, -0.2) is 6.29 Å². The molecule has 0 bridgehead atoms. The molecule has 2 aromatic carbocycles. The zero-order valence-corrected chi connectivity index (χ0v) is 14.2. The number of halogens is 1. The predicted octanol–water partition coefficient (Wildman–Crippen LogP) is 5.86. The van der Waals surface area contributed by atoms with Crippen molar-refractivity contribution in [2.75, 3.05) is 5.32 Å². The number of benzene rings is 2. The van der Waals surface area contributed by atoms with Gasteiger partial charge in [0.25, 0.3) is 0 Å². The number of thiophene rings is 1. The Morgan fingerprint density at radius 3 is 2.65 bits per heavy atom. The van der Waals surface area contributed by atoms with Crippen molar-refractivity contribution in [3.8, 4) is 0 Å². The molecule has 0 aliphatic rings. The average Bonchev–Trinajstić information content (AvgIpc) is 3.01. The Hall–Kier alpha value is -2.10. The lowest BCUT2D eigenvalue weighted by atomic mass is 10.1. The number of aldehydes is 1. The highest BCUT2D eigenvalue weighted by Gasteiger charge is 2.09. The van der Waals surface area contributed by atoms with E-state index in [2.05, 4.69) is 18.3 Å². The molecule has 4 heteroatoms. The van der Waals surface area contributed by atoms with Crippen LogP contribution in [0, 0.1) is 6.92 Å². The van der Waals surface area contributed by atoms with Crippen LogP contribution in [0.2, 0.25) is 5.02 Å². The fourth-order valence-corrected chi connectivity index (χ4v) is 3.39. The third-order valence-electron chi connectivity index (χ3n) is 3.68. The zero-order chi connectivity index (χ0) is 16.2. The minimum absolute atomic E-state index is 0.715. The largest absolute Gasteiger partial charge is 0.354 e. The second kappa shape index (κ2) is 6.99. The van der Waals surface area contributed by atoms with E-state index in [1.54, 1.807) is 0 Å².